The number of carbonyl (C=O) groups excluding carboxylic acids is 3. The van der Waals surface area contributed by atoms with Gasteiger partial charge in [0.05, 0.1) is 0 Å². The van der Waals surface area contributed by atoms with Crippen molar-refractivity contribution in [1.29, 1.82) is 0 Å². The summed E-state index contributed by atoms with van der Waals surface area (Å²) in [5, 5.41) is 5.85. The first-order chi connectivity index (χ1) is 18.3. The molecule has 2 rings (SSSR count). The second-order valence-electron chi connectivity index (χ2n) is 11.6. The molecule has 0 radical (unpaired) electrons. The molecule has 0 fully saturated rings. The van der Waals surface area contributed by atoms with E-state index in [1.165, 1.54) is 0 Å². The molecule has 3 amide bonds. The molecule has 2 aromatic carbocycles. The van der Waals surface area contributed by atoms with Crippen LogP contribution in [0.3, 0.4) is 0 Å². The smallest absolute Gasteiger partial charge is 0.408 e. The number of hydrogen-bond acceptors (Lipinski definition) is 4. The van der Waals surface area contributed by atoms with E-state index in [-0.39, 0.29) is 17.7 Å². The molecule has 0 aliphatic heterocycles. The van der Waals surface area contributed by atoms with Gasteiger partial charge in [-0.25, -0.2) is 4.79 Å². The van der Waals surface area contributed by atoms with Crippen molar-refractivity contribution >= 4 is 17.9 Å². The first-order valence-electron chi connectivity index (χ1n) is 14.0. The van der Waals surface area contributed by atoms with Crippen molar-refractivity contribution in [1.82, 2.24) is 15.5 Å². The molecule has 0 saturated carbocycles. The van der Waals surface area contributed by atoms with Crippen molar-refractivity contribution in [2.45, 2.75) is 98.9 Å². The van der Waals surface area contributed by atoms with Gasteiger partial charge in [-0.05, 0) is 63.6 Å². The maximum Gasteiger partial charge on any atom is 0.408 e. The zero-order valence-electron chi connectivity index (χ0n) is 25.0. The molecule has 39 heavy (non-hydrogen) atoms. The number of aryl methyl sites for hydroxylation is 2. The average molecular weight is 538 g/mol. The number of unbranched alkanes of at least 4 members (excludes halogenated alkanes) is 2. The fourth-order valence-electron chi connectivity index (χ4n) is 4.41. The third-order valence-corrected chi connectivity index (χ3v) is 6.49. The van der Waals surface area contributed by atoms with Crippen LogP contribution in [0, 0.1) is 19.8 Å². The van der Waals surface area contributed by atoms with Crippen LogP contribution in [0.15, 0.2) is 48.5 Å². The van der Waals surface area contributed by atoms with Crippen molar-refractivity contribution in [3.63, 3.8) is 0 Å². The number of amides is 3. The Labute approximate surface area is 234 Å². The van der Waals surface area contributed by atoms with Crippen LogP contribution in [0.5, 0.6) is 0 Å². The second kappa shape index (κ2) is 14.7. The zero-order chi connectivity index (χ0) is 29.2. The van der Waals surface area contributed by atoms with Crippen molar-refractivity contribution in [3.8, 4) is 0 Å². The van der Waals surface area contributed by atoms with Crippen LogP contribution in [0.2, 0.25) is 0 Å². The maximum atomic E-state index is 14.2. The molecule has 2 aromatic rings. The number of carbonyl (C=O) groups is 3. The van der Waals surface area contributed by atoms with Crippen LogP contribution in [0.4, 0.5) is 4.79 Å². The minimum Gasteiger partial charge on any atom is -0.444 e. The van der Waals surface area contributed by atoms with Gasteiger partial charge in [0.25, 0.3) is 0 Å². The largest absolute Gasteiger partial charge is 0.444 e. The molecular weight excluding hydrogens is 490 g/mol. The minimum absolute atomic E-state index is 0.217. The third kappa shape index (κ3) is 10.0. The minimum atomic E-state index is -0.851. The van der Waals surface area contributed by atoms with E-state index in [2.05, 4.69) is 17.6 Å². The molecule has 7 nitrogen and oxygen atoms in total. The molecule has 2 unspecified atom stereocenters. The predicted molar refractivity (Wildman–Crippen MR) is 156 cm³/mol. The molecule has 214 valence electrons. The highest BCUT2D eigenvalue weighted by Crippen LogP contribution is 2.28. The molecule has 0 bridgehead atoms. The fourth-order valence-corrected chi connectivity index (χ4v) is 4.41. The van der Waals surface area contributed by atoms with Gasteiger partial charge in [-0.2, -0.15) is 0 Å². The lowest BCUT2D eigenvalue weighted by atomic mass is 9.94. The molecule has 0 saturated heterocycles. The Morgan fingerprint density at radius 3 is 2.23 bits per heavy atom. The number of nitrogens with one attached hydrogen (secondary N) is 2. The lowest BCUT2D eigenvalue weighted by molar-refractivity contribution is -0.143. The summed E-state index contributed by atoms with van der Waals surface area (Å²) in [6.07, 6.45) is 1.98. The highest BCUT2D eigenvalue weighted by molar-refractivity contribution is 5.92. The van der Waals surface area contributed by atoms with Gasteiger partial charge in [0.15, 0.2) is 0 Å². The SMILES string of the molecule is CCCCCN(C(=O)C(NC(=O)OC(C)(C)C)C(C)C)C(C(=O)NCc1ccccc1)c1cc(C)ccc1C. The van der Waals surface area contributed by atoms with Crippen LogP contribution in [-0.4, -0.2) is 41.0 Å². The summed E-state index contributed by atoms with van der Waals surface area (Å²) >= 11 is 0. The summed E-state index contributed by atoms with van der Waals surface area (Å²) in [5.41, 5.74) is 2.99. The van der Waals surface area contributed by atoms with E-state index < -0.39 is 23.8 Å². The van der Waals surface area contributed by atoms with Crippen LogP contribution in [0.1, 0.15) is 89.1 Å². The lowest BCUT2D eigenvalue weighted by Crippen LogP contribution is -2.55. The van der Waals surface area contributed by atoms with E-state index >= 15 is 0 Å². The van der Waals surface area contributed by atoms with Gasteiger partial charge in [-0.1, -0.05) is 87.7 Å². The Bertz CT molecular complexity index is 1090. The second-order valence-corrected chi connectivity index (χ2v) is 11.6. The van der Waals surface area contributed by atoms with Gasteiger partial charge in [-0.3, -0.25) is 9.59 Å². The Morgan fingerprint density at radius 2 is 1.64 bits per heavy atom. The van der Waals surface area contributed by atoms with Gasteiger partial charge >= 0.3 is 6.09 Å². The zero-order valence-corrected chi connectivity index (χ0v) is 25.0. The van der Waals surface area contributed by atoms with E-state index in [1.807, 2.05) is 76.2 Å². The quantitative estimate of drug-likeness (QED) is 0.314. The monoisotopic (exact) mass is 537 g/mol. The summed E-state index contributed by atoms with van der Waals surface area (Å²) in [7, 11) is 0. The molecule has 0 aliphatic carbocycles. The summed E-state index contributed by atoms with van der Waals surface area (Å²) in [5.74, 6) is -0.768. The van der Waals surface area contributed by atoms with E-state index in [4.69, 9.17) is 4.74 Å². The Morgan fingerprint density at radius 1 is 0.974 bits per heavy atom. The molecule has 0 spiro atoms. The highest BCUT2D eigenvalue weighted by Gasteiger charge is 2.37. The van der Waals surface area contributed by atoms with Crippen molar-refractivity contribution in [2.75, 3.05) is 6.54 Å². The third-order valence-electron chi connectivity index (χ3n) is 6.49. The van der Waals surface area contributed by atoms with Crippen molar-refractivity contribution in [3.05, 3.63) is 70.8 Å². The number of nitrogens with zero attached hydrogens (tertiary/aromatic N) is 1. The molecule has 0 aliphatic rings. The summed E-state index contributed by atoms with van der Waals surface area (Å²) in [6.45, 7) is 15.9. The molecule has 0 heterocycles. The highest BCUT2D eigenvalue weighted by atomic mass is 16.6. The van der Waals surface area contributed by atoms with E-state index in [9.17, 15) is 14.4 Å². The lowest BCUT2D eigenvalue weighted by Gasteiger charge is -2.36. The summed E-state index contributed by atoms with van der Waals surface area (Å²) in [6, 6.07) is 14.0. The molecule has 0 aromatic heterocycles. The van der Waals surface area contributed by atoms with Gasteiger partial charge in [0, 0.05) is 13.1 Å². The summed E-state index contributed by atoms with van der Waals surface area (Å²) < 4.78 is 5.46. The Balaban J connectivity index is 2.51. The number of ether oxygens (including phenoxy) is 1. The molecule has 2 atom stereocenters. The molecule has 2 N–H and O–H groups in total. The molecular formula is C32H47N3O4. The van der Waals surface area contributed by atoms with Crippen LogP contribution in [0.25, 0.3) is 0 Å². The fraction of sp³-hybridized carbons (Fsp3) is 0.531. The topological polar surface area (TPSA) is 87.7 Å². The number of hydrogen-bond donors (Lipinski definition) is 2. The Hall–Kier alpha value is -3.35. The predicted octanol–water partition coefficient (Wildman–Crippen LogP) is 6.23. The first-order valence-corrected chi connectivity index (χ1v) is 14.0. The van der Waals surface area contributed by atoms with Gasteiger partial charge in [-0.15, -0.1) is 0 Å². The number of rotatable bonds is 12. The van der Waals surface area contributed by atoms with Crippen molar-refractivity contribution in [2.24, 2.45) is 5.92 Å². The van der Waals surface area contributed by atoms with Crippen LogP contribution >= 0.6 is 0 Å². The van der Waals surface area contributed by atoms with Gasteiger partial charge in [0.1, 0.15) is 17.7 Å². The average Bonchev–Trinajstić information content (AvgIpc) is 2.86. The number of alkyl carbamates (subject to hydrolysis) is 1. The van der Waals surface area contributed by atoms with Crippen LogP contribution < -0.4 is 10.6 Å². The first kappa shape index (κ1) is 31.9. The van der Waals surface area contributed by atoms with Crippen molar-refractivity contribution < 1.29 is 19.1 Å². The van der Waals surface area contributed by atoms with Gasteiger partial charge < -0.3 is 20.3 Å². The van der Waals surface area contributed by atoms with E-state index in [0.29, 0.717) is 13.1 Å². The number of benzene rings is 2. The maximum absolute atomic E-state index is 14.2. The van der Waals surface area contributed by atoms with Gasteiger partial charge in [0.2, 0.25) is 11.8 Å². The van der Waals surface area contributed by atoms with E-state index in [1.54, 1.807) is 25.7 Å². The van der Waals surface area contributed by atoms with E-state index in [0.717, 1.165) is 41.5 Å². The molecule has 7 heteroatoms. The standard InChI is InChI=1S/C32H47N3O4/c1-9-10-14-19-35(30(37)27(22(2)3)34-31(38)39-32(6,7)8)28(26-20-23(4)17-18-24(26)5)29(36)33-21-25-15-12-11-13-16-25/h11-13,15-18,20,22,27-28H,9-10,14,19,21H2,1-8H3,(H,33,36)(H,34,38). The van der Waals surface area contributed by atoms with Crippen LogP contribution in [-0.2, 0) is 20.9 Å². The normalized spacial score (nSPS) is 12.9. The Kier molecular flexibility index (Phi) is 12.0. The summed E-state index contributed by atoms with van der Waals surface area (Å²) in [4.78, 5) is 42.6.